The maximum atomic E-state index is 12.5. The van der Waals surface area contributed by atoms with E-state index < -0.39 is 6.04 Å². The monoisotopic (exact) mass is 424 g/mol. The zero-order valence-corrected chi connectivity index (χ0v) is 18.0. The molecule has 0 aliphatic carbocycles. The molecule has 1 amide bonds. The number of hydrogen-bond donors (Lipinski definition) is 2. The highest BCUT2D eigenvalue weighted by Gasteiger charge is 2.18. The average Bonchev–Trinajstić information content (AvgIpc) is 2.65. The Morgan fingerprint density at radius 1 is 1.00 bits per heavy atom. The molecule has 0 aliphatic rings. The van der Waals surface area contributed by atoms with Crippen LogP contribution in [0.15, 0.2) is 36.4 Å². The van der Waals surface area contributed by atoms with Crippen molar-refractivity contribution in [2.75, 3.05) is 18.5 Å². The minimum Gasteiger partial charge on any atom is -0.490 e. The van der Waals surface area contributed by atoms with Crippen molar-refractivity contribution < 1.29 is 14.3 Å². The van der Waals surface area contributed by atoms with E-state index in [1.807, 2.05) is 39.0 Å². The standard InChI is InChI=1S/C21H26Cl2N2O3/c1-5-27-19-10-7-15(11-20(19)28-6-2)13(3)24-14(4)21(26)25-18-9-8-16(22)12-17(18)23/h7-14,24H,5-6H2,1-4H3,(H,25,26)/t13-,14+/m0/s1. The second kappa shape index (κ2) is 10.6. The van der Waals surface area contributed by atoms with Crippen LogP contribution in [0.3, 0.4) is 0 Å². The van der Waals surface area contributed by atoms with Gasteiger partial charge in [-0.1, -0.05) is 29.3 Å². The zero-order chi connectivity index (χ0) is 20.7. The predicted octanol–water partition coefficient (Wildman–Crippen LogP) is 5.47. The van der Waals surface area contributed by atoms with Gasteiger partial charge < -0.3 is 14.8 Å². The number of nitrogens with one attached hydrogen (secondary N) is 2. The first-order chi connectivity index (χ1) is 13.3. The summed E-state index contributed by atoms with van der Waals surface area (Å²) in [5.41, 5.74) is 1.52. The van der Waals surface area contributed by atoms with Crippen LogP contribution in [0.4, 0.5) is 5.69 Å². The molecule has 0 saturated heterocycles. The highest BCUT2D eigenvalue weighted by Crippen LogP contribution is 2.31. The number of benzene rings is 2. The van der Waals surface area contributed by atoms with Crippen molar-refractivity contribution in [3.63, 3.8) is 0 Å². The van der Waals surface area contributed by atoms with Crippen LogP contribution in [-0.4, -0.2) is 25.2 Å². The van der Waals surface area contributed by atoms with Gasteiger partial charge in [0.05, 0.1) is 30.0 Å². The summed E-state index contributed by atoms with van der Waals surface area (Å²) in [4.78, 5) is 12.5. The Labute approximate surface area is 176 Å². The van der Waals surface area contributed by atoms with Gasteiger partial charge in [-0.25, -0.2) is 0 Å². The van der Waals surface area contributed by atoms with Crippen molar-refractivity contribution in [1.82, 2.24) is 5.32 Å². The lowest BCUT2D eigenvalue weighted by atomic mass is 10.1. The van der Waals surface area contributed by atoms with Crippen LogP contribution in [0.25, 0.3) is 0 Å². The normalized spacial score (nSPS) is 12.9. The largest absolute Gasteiger partial charge is 0.490 e. The summed E-state index contributed by atoms with van der Waals surface area (Å²) >= 11 is 12.0. The summed E-state index contributed by atoms with van der Waals surface area (Å²) in [7, 11) is 0. The van der Waals surface area contributed by atoms with E-state index in [0.29, 0.717) is 40.4 Å². The predicted molar refractivity (Wildman–Crippen MR) is 115 cm³/mol. The number of halogens is 2. The molecule has 2 aromatic rings. The van der Waals surface area contributed by atoms with E-state index in [4.69, 9.17) is 32.7 Å². The second-order valence-electron chi connectivity index (χ2n) is 6.30. The van der Waals surface area contributed by atoms with Gasteiger partial charge in [-0.05, 0) is 63.6 Å². The van der Waals surface area contributed by atoms with Crippen LogP contribution in [0, 0.1) is 0 Å². The molecule has 0 aromatic heterocycles. The highest BCUT2D eigenvalue weighted by molar-refractivity contribution is 6.36. The van der Waals surface area contributed by atoms with Crippen molar-refractivity contribution >= 4 is 34.8 Å². The van der Waals surface area contributed by atoms with Gasteiger partial charge in [0.25, 0.3) is 0 Å². The van der Waals surface area contributed by atoms with Gasteiger partial charge in [-0.15, -0.1) is 0 Å². The van der Waals surface area contributed by atoms with Gasteiger partial charge in [0, 0.05) is 11.1 Å². The number of hydrogen-bond acceptors (Lipinski definition) is 4. The van der Waals surface area contributed by atoms with Gasteiger partial charge in [-0.2, -0.15) is 0 Å². The molecule has 2 atom stereocenters. The maximum Gasteiger partial charge on any atom is 0.241 e. The summed E-state index contributed by atoms with van der Waals surface area (Å²) in [5, 5.41) is 7.02. The summed E-state index contributed by atoms with van der Waals surface area (Å²) in [5.74, 6) is 1.22. The van der Waals surface area contributed by atoms with E-state index in [-0.39, 0.29) is 11.9 Å². The quantitative estimate of drug-likeness (QED) is 0.560. The molecule has 0 saturated carbocycles. The SMILES string of the molecule is CCOc1ccc([C@H](C)N[C@H](C)C(=O)Nc2ccc(Cl)cc2Cl)cc1OCC. The van der Waals surface area contributed by atoms with Gasteiger partial charge in [0.15, 0.2) is 11.5 Å². The van der Waals surface area contributed by atoms with Crippen LogP contribution < -0.4 is 20.1 Å². The molecule has 0 unspecified atom stereocenters. The fourth-order valence-electron chi connectivity index (χ4n) is 2.72. The fraction of sp³-hybridized carbons (Fsp3) is 0.381. The number of rotatable bonds is 9. The molecule has 0 fully saturated rings. The zero-order valence-electron chi connectivity index (χ0n) is 16.5. The lowest BCUT2D eigenvalue weighted by Gasteiger charge is -2.21. The number of amides is 1. The summed E-state index contributed by atoms with van der Waals surface area (Å²) in [6, 6.07) is 10.2. The molecular weight excluding hydrogens is 399 g/mol. The molecule has 0 radical (unpaired) electrons. The molecule has 0 aliphatic heterocycles. The number of anilines is 1. The van der Waals surface area contributed by atoms with E-state index >= 15 is 0 Å². The molecule has 0 spiro atoms. The average molecular weight is 425 g/mol. The van der Waals surface area contributed by atoms with E-state index in [9.17, 15) is 4.79 Å². The third kappa shape index (κ3) is 6.03. The van der Waals surface area contributed by atoms with Crippen LogP contribution >= 0.6 is 23.2 Å². The maximum absolute atomic E-state index is 12.5. The van der Waals surface area contributed by atoms with E-state index in [0.717, 1.165) is 5.56 Å². The molecule has 28 heavy (non-hydrogen) atoms. The topological polar surface area (TPSA) is 59.6 Å². The highest BCUT2D eigenvalue weighted by atomic mass is 35.5. The number of carbonyl (C=O) groups is 1. The van der Waals surface area contributed by atoms with Crippen LogP contribution in [0.2, 0.25) is 10.0 Å². The molecule has 2 aromatic carbocycles. The Morgan fingerprint density at radius 3 is 2.32 bits per heavy atom. The summed E-state index contributed by atoms with van der Waals surface area (Å²) in [6.07, 6.45) is 0. The third-order valence-corrected chi connectivity index (χ3v) is 4.70. The lowest BCUT2D eigenvalue weighted by Crippen LogP contribution is -2.39. The molecule has 2 rings (SSSR count). The fourth-order valence-corrected chi connectivity index (χ4v) is 3.17. The van der Waals surface area contributed by atoms with Crippen molar-refractivity contribution in [1.29, 1.82) is 0 Å². The van der Waals surface area contributed by atoms with Gasteiger partial charge in [0.2, 0.25) is 5.91 Å². The smallest absolute Gasteiger partial charge is 0.241 e. The minimum atomic E-state index is -0.441. The van der Waals surface area contributed by atoms with Crippen LogP contribution in [-0.2, 0) is 4.79 Å². The Bertz CT molecular complexity index is 814. The number of carbonyl (C=O) groups excluding carboxylic acids is 1. The molecule has 0 heterocycles. The van der Waals surface area contributed by atoms with Crippen molar-refractivity contribution in [3.05, 3.63) is 52.0 Å². The molecule has 2 N–H and O–H groups in total. The molecule has 5 nitrogen and oxygen atoms in total. The van der Waals surface area contributed by atoms with Gasteiger partial charge in [-0.3, -0.25) is 10.1 Å². The molecule has 7 heteroatoms. The molecular formula is C21H26Cl2N2O3. The first-order valence-electron chi connectivity index (χ1n) is 9.27. The van der Waals surface area contributed by atoms with E-state index in [2.05, 4.69) is 10.6 Å². The van der Waals surface area contributed by atoms with Gasteiger partial charge >= 0.3 is 0 Å². The Hall–Kier alpha value is -1.95. The van der Waals surface area contributed by atoms with Gasteiger partial charge in [0.1, 0.15) is 0 Å². The first-order valence-corrected chi connectivity index (χ1v) is 10.0. The first kappa shape index (κ1) is 22.3. The van der Waals surface area contributed by atoms with Crippen molar-refractivity contribution in [3.8, 4) is 11.5 Å². The van der Waals surface area contributed by atoms with Crippen molar-refractivity contribution in [2.45, 2.75) is 39.8 Å². The Balaban J connectivity index is 2.05. The molecule has 0 bridgehead atoms. The Kier molecular flexibility index (Phi) is 8.42. The van der Waals surface area contributed by atoms with E-state index in [1.165, 1.54) is 0 Å². The summed E-state index contributed by atoms with van der Waals surface area (Å²) < 4.78 is 11.3. The summed E-state index contributed by atoms with van der Waals surface area (Å²) in [6.45, 7) is 8.77. The van der Waals surface area contributed by atoms with E-state index in [1.54, 1.807) is 25.1 Å². The minimum absolute atomic E-state index is 0.0728. The van der Waals surface area contributed by atoms with Crippen LogP contribution in [0.5, 0.6) is 11.5 Å². The van der Waals surface area contributed by atoms with Crippen molar-refractivity contribution in [2.24, 2.45) is 0 Å². The second-order valence-corrected chi connectivity index (χ2v) is 7.14. The Morgan fingerprint density at radius 2 is 1.68 bits per heavy atom. The third-order valence-electron chi connectivity index (χ3n) is 4.15. The molecule has 152 valence electrons. The number of ether oxygens (including phenoxy) is 2. The van der Waals surface area contributed by atoms with Crippen LogP contribution in [0.1, 0.15) is 39.3 Å². The lowest BCUT2D eigenvalue weighted by molar-refractivity contribution is -0.117.